The maximum atomic E-state index is 11.3. The Hall–Kier alpha value is -1.41. The smallest absolute Gasteiger partial charge is 0.303 e. The fourth-order valence-corrected chi connectivity index (χ4v) is 2.24. The van der Waals surface area contributed by atoms with E-state index in [1.165, 1.54) is 6.20 Å². The van der Waals surface area contributed by atoms with Crippen molar-refractivity contribution in [2.45, 2.75) is 50.6 Å². The minimum Gasteiger partial charge on any atom is -0.481 e. The number of aromatic nitrogens is 2. The normalized spacial score (nSPS) is 12.0. The average molecular weight is 289 g/mol. The van der Waals surface area contributed by atoms with Crippen molar-refractivity contribution in [2.24, 2.45) is 5.14 Å². The molecule has 3 N–H and O–H groups in total. The third-order valence-corrected chi connectivity index (χ3v) is 3.41. The van der Waals surface area contributed by atoms with Crippen LogP contribution in [-0.4, -0.2) is 29.0 Å². The maximum absolute atomic E-state index is 11.3. The highest BCUT2D eigenvalue weighted by molar-refractivity contribution is 7.89. The highest BCUT2D eigenvalue weighted by Gasteiger charge is 2.17. The van der Waals surface area contributed by atoms with Crippen LogP contribution in [0.5, 0.6) is 0 Å². The van der Waals surface area contributed by atoms with Gasteiger partial charge in [0.2, 0.25) is 0 Å². The molecule has 0 aliphatic heterocycles. The number of hydrogen-bond donors (Lipinski definition) is 2. The van der Waals surface area contributed by atoms with Crippen LogP contribution in [0.3, 0.4) is 0 Å². The van der Waals surface area contributed by atoms with Crippen LogP contribution in [0.1, 0.15) is 44.9 Å². The minimum atomic E-state index is -3.81. The van der Waals surface area contributed by atoms with Crippen molar-refractivity contribution in [1.29, 1.82) is 0 Å². The standard InChI is InChI=1S/C11H19N3O4S/c1-8(2)11-13-9(19(12,17)18)7-14(11)6-4-3-5-10(15)16/h7-8H,3-6H2,1-2H3,(H,15,16)(H2,12,17,18). The molecule has 0 amide bonds. The number of imidazole rings is 1. The number of rotatable bonds is 7. The molecule has 8 heteroatoms. The van der Waals surface area contributed by atoms with Crippen LogP contribution < -0.4 is 5.14 Å². The molecule has 108 valence electrons. The summed E-state index contributed by atoms with van der Waals surface area (Å²) in [6.45, 7) is 4.34. The van der Waals surface area contributed by atoms with Gasteiger partial charge in [-0.2, -0.15) is 0 Å². The van der Waals surface area contributed by atoms with Gasteiger partial charge in [0.25, 0.3) is 10.0 Å². The topological polar surface area (TPSA) is 115 Å². The van der Waals surface area contributed by atoms with Crippen LogP contribution in [-0.2, 0) is 21.4 Å². The zero-order valence-electron chi connectivity index (χ0n) is 11.0. The molecular weight excluding hydrogens is 270 g/mol. The lowest BCUT2D eigenvalue weighted by Gasteiger charge is -2.09. The van der Waals surface area contributed by atoms with Crippen molar-refractivity contribution in [3.63, 3.8) is 0 Å². The van der Waals surface area contributed by atoms with Crippen LogP contribution in [0.25, 0.3) is 0 Å². The Morgan fingerprint density at radius 3 is 2.58 bits per heavy atom. The summed E-state index contributed by atoms with van der Waals surface area (Å²) in [5.74, 6) is -0.130. The molecule has 19 heavy (non-hydrogen) atoms. The highest BCUT2D eigenvalue weighted by Crippen LogP contribution is 2.17. The second-order valence-corrected chi connectivity index (χ2v) is 6.19. The lowest BCUT2D eigenvalue weighted by atomic mass is 10.2. The molecule has 0 bridgehead atoms. The van der Waals surface area contributed by atoms with Gasteiger partial charge in [0.05, 0.1) is 0 Å². The van der Waals surface area contributed by atoms with E-state index in [9.17, 15) is 13.2 Å². The molecule has 0 aromatic carbocycles. The van der Waals surface area contributed by atoms with Gasteiger partial charge in [-0.3, -0.25) is 4.79 Å². The number of aryl methyl sites for hydroxylation is 1. The van der Waals surface area contributed by atoms with Crippen LogP contribution in [0, 0.1) is 0 Å². The molecular formula is C11H19N3O4S. The van der Waals surface area contributed by atoms with Crippen molar-refractivity contribution in [3.05, 3.63) is 12.0 Å². The van der Waals surface area contributed by atoms with Crippen LogP contribution in [0.4, 0.5) is 0 Å². The van der Waals surface area contributed by atoms with E-state index in [0.717, 1.165) is 0 Å². The van der Waals surface area contributed by atoms with E-state index >= 15 is 0 Å². The molecule has 0 radical (unpaired) electrons. The summed E-state index contributed by atoms with van der Waals surface area (Å²) < 4.78 is 24.3. The number of aliphatic carboxylic acids is 1. The molecule has 0 aliphatic rings. The second-order valence-electron chi connectivity index (χ2n) is 4.68. The number of hydrogen-bond acceptors (Lipinski definition) is 4. The lowest BCUT2D eigenvalue weighted by Crippen LogP contribution is -2.12. The van der Waals surface area contributed by atoms with Gasteiger partial charge < -0.3 is 9.67 Å². The lowest BCUT2D eigenvalue weighted by molar-refractivity contribution is -0.137. The van der Waals surface area contributed by atoms with Gasteiger partial charge in [0.1, 0.15) is 5.82 Å². The molecule has 1 heterocycles. The summed E-state index contributed by atoms with van der Waals surface area (Å²) in [6, 6.07) is 0. The molecule has 1 rings (SSSR count). The van der Waals surface area contributed by atoms with E-state index < -0.39 is 16.0 Å². The Morgan fingerprint density at radius 2 is 2.11 bits per heavy atom. The summed E-state index contributed by atoms with van der Waals surface area (Å²) in [5, 5.41) is 13.5. The van der Waals surface area contributed by atoms with E-state index in [4.69, 9.17) is 10.2 Å². The van der Waals surface area contributed by atoms with Crippen molar-refractivity contribution >= 4 is 16.0 Å². The van der Waals surface area contributed by atoms with Crippen molar-refractivity contribution in [3.8, 4) is 0 Å². The molecule has 7 nitrogen and oxygen atoms in total. The third-order valence-electron chi connectivity index (χ3n) is 2.63. The number of carboxylic acid groups (broad SMARTS) is 1. The van der Waals surface area contributed by atoms with E-state index in [1.54, 1.807) is 4.57 Å². The predicted molar refractivity (Wildman–Crippen MR) is 69.2 cm³/mol. The average Bonchev–Trinajstić information content (AvgIpc) is 2.67. The van der Waals surface area contributed by atoms with Gasteiger partial charge in [0, 0.05) is 25.1 Å². The van der Waals surface area contributed by atoms with Crippen LogP contribution >= 0.6 is 0 Å². The quantitative estimate of drug-likeness (QED) is 0.724. The molecule has 1 aromatic heterocycles. The summed E-state index contributed by atoms with van der Waals surface area (Å²) in [6.07, 6.45) is 2.70. The minimum absolute atomic E-state index is 0.0648. The predicted octanol–water partition coefficient (Wildman–Crippen LogP) is 0.909. The van der Waals surface area contributed by atoms with Crippen LogP contribution in [0.2, 0.25) is 0 Å². The van der Waals surface area contributed by atoms with Gasteiger partial charge in [-0.25, -0.2) is 18.5 Å². The summed E-state index contributed by atoms with van der Waals surface area (Å²) >= 11 is 0. The second kappa shape index (κ2) is 6.16. The van der Waals surface area contributed by atoms with Crippen molar-refractivity contribution < 1.29 is 18.3 Å². The zero-order valence-corrected chi connectivity index (χ0v) is 11.9. The molecule has 0 spiro atoms. The monoisotopic (exact) mass is 289 g/mol. The molecule has 0 saturated carbocycles. The molecule has 0 saturated heterocycles. The number of nitrogens with zero attached hydrogens (tertiary/aromatic N) is 2. The first-order chi connectivity index (χ1) is 8.71. The first kappa shape index (κ1) is 15.6. The van der Waals surface area contributed by atoms with E-state index in [0.29, 0.717) is 25.2 Å². The van der Waals surface area contributed by atoms with Gasteiger partial charge in [0.15, 0.2) is 5.03 Å². The van der Waals surface area contributed by atoms with Gasteiger partial charge >= 0.3 is 5.97 Å². The number of sulfonamides is 1. The molecule has 0 unspecified atom stereocenters. The highest BCUT2D eigenvalue weighted by atomic mass is 32.2. The van der Waals surface area contributed by atoms with E-state index in [2.05, 4.69) is 4.98 Å². The van der Waals surface area contributed by atoms with Gasteiger partial charge in [-0.1, -0.05) is 13.8 Å². The number of unbranched alkanes of at least 4 members (excludes halogenated alkanes) is 1. The van der Waals surface area contributed by atoms with Crippen molar-refractivity contribution in [1.82, 2.24) is 9.55 Å². The van der Waals surface area contributed by atoms with E-state index in [-0.39, 0.29) is 17.4 Å². The van der Waals surface area contributed by atoms with E-state index in [1.807, 2.05) is 13.8 Å². The summed E-state index contributed by atoms with van der Waals surface area (Å²) in [7, 11) is -3.81. The first-order valence-corrected chi connectivity index (χ1v) is 7.58. The fourth-order valence-electron chi connectivity index (χ4n) is 1.74. The SMILES string of the molecule is CC(C)c1nc(S(N)(=O)=O)cn1CCCCC(=O)O. The number of primary sulfonamides is 1. The van der Waals surface area contributed by atoms with Crippen molar-refractivity contribution in [2.75, 3.05) is 0 Å². The Morgan fingerprint density at radius 1 is 1.47 bits per heavy atom. The number of carbonyl (C=O) groups is 1. The molecule has 0 atom stereocenters. The number of nitrogens with two attached hydrogens (primary N) is 1. The van der Waals surface area contributed by atoms with Gasteiger partial charge in [-0.05, 0) is 12.8 Å². The third kappa shape index (κ3) is 4.64. The molecule has 1 aromatic rings. The largest absolute Gasteiger partial charge is 0.481 e. The summed E-state index contributed by atoms with van der Waals surface area (Å²) in [4.78, 5) is 14.4. The molecule has 0 fully saturated rings. The van der Waals surface area contributed by atoms with Gasteiger partial charge in [-0.15, -0.1) is 0 Å². The van der Waals surface area contributed by atoms with Crippen LogP contribution in [0.15, 0.2) is 11.2 Å². The Kier molecular flexibility index (Phi) is 5.07. The Bertz CT molecular complexity index is 548. The molecule has 0 aliphatic carbocycles. The first-order valence-electron chi connectivity index (χ1n) is 6.03. The fraction of sp³-hybridized carbons (Fsp3) is 0.636. The Balaban J connectivity index is 2.81. The number of carboxylic acids is 1. The Labute approximate surface area is 112 Å². The summed E-state index contributed by atoms with van der Waals surface area (Å²) in [5.41, 5.74) is 0. The maximum Gasteiger partial charge on any atom is 0.303 e. The zero-order chi connectivity index (χ0) is 14.6.